The highest BCUT2D eigenvalue weighted by Gasteiger charge is 2.28. The Morgan fingerprint density at radius 1 is 1.13 bits per heavy atom. The molecule has 6 heteroatoms. The lowest BCUT2D eigenvalue weighted by atomic mass is 9.97. The molecule has 6 nitrogen and oxygen atoms in total. The minimum atomic E-state index is -0.971. The van der Waals surface area contributed by atoms with Crippen LogP contribution in [0.2, 0.25) is 0 Å². The van der Waals surface area contributed by atoms with Gasteiger partial charge in [-0.3, -0.25) is 14.7 Å². The van der Waals surface area contributed by atoms with Crippen molar-refractivity contribution in [1.82, 2.24) is 15.2 Å². The smallest absolute Gasteiger partial charge is 0.407 e. The number of ketones is 1. The van der Waals surface area contributed by atoms with Gasteiger partial charge in [-0.25, -0.2) is 4.79 Å². The van der Waals surface area contributed by atoms with Crippen molar-refractivity contribution in [1.29, 1.82) is 0 Å². The number of nitrogens with zero attached hydrogens (tertiary/aromatic N) is 2. The van der Waals surface area contributed by atoms with E-state index in [1.165, 1.54) is 4.90 Å². The number of carboxylic acid groups (broad SMARTS) is 1. The first-order valence-electron chi connectivity index (χ1n) is 7.45. The molecule has 23 heavy (non-hydrogen) atoms. The molecule has 1 aromatic carbocycles. The summed E-state index contributed by atoms with van der Waals surface area (Å²) in [7, 11) is 0. The van der Waals surface area contributed by atoms with Crippen LogP contribution in [0.3, 0.4) is 0 Å². The van der Waals surface area contributed by atoms with Crippen LogP contribution in [0.15, 0.2) is 30.5 Å². The zero-order valence-corrected chi connectivity index (χ0v) is 12.4. The van der Waals surface area contributed by atoms with Gasteiger partial charge in [0.15, 0.2) is 0 Å². The Morgan fingerprint density at radius 3 is 2.78 bits per heavy atom. The van der Waals surface area contributed by atoms with E-state index in [9.17, 15) is 9.59 Å². The van der Waals surface area contributed by atoms with Crippen LogP contribution >= 0.6 is 0 Å². The molecule has 0 spiro atoms. The van der Waals surface area contributed by atoms with Crippen molar-refractivity contribution in [3.05, 3.63) is 64.0 Å². The fraction of sp³-hybridized carbons (Fsp3) is 0.235. The number of rotatable bonds is 2. The summed E-state index contributed by atoms with van der Waals surface area (Å²) in [5, 5.41) is 12.4. The second-order valence-electron chi connectivity index (χ2n) is 5.85. The number of carbonyl (C=O) groups is 2. The van der Waals surface area contributed by atoms with Gasteiger partial charge in [0.05, 0.1) is 6.54 Å². The SMILES string of the molecule is O=C(c1cc2c(cn1)CNC2)c1cccc2c1CN(C(=O)O)C2. The fourth-order valence-electron chi connectivity index (χ4n) is 3.21. The molecule has 3 heterocycles. The first-order chi connectivity index (χ1) is 11.1. The van der Waals surface area contributed by atoms with Crippen LogP contribution in [0.4, 0.5) is 4.79 Å². The van der Waals surface area contributed by atoms with Gasteiger partial charge in [0.25, 0.3) is 0 Å². The van der Waals surface area contributed by atoms with E-state index < -0.39 is 6.09 Å². The summed E-state index contributed by atoms with van der Waals surface area (Å²) in [6.07, 6.45) is 0.774. The zero-order valence-electron chi connectivity index (χ0n) is 12.4. The summed E-state index contributed by atoms with van der Waals surface area (Å²) in [6.45, 7) is 2.11. The normalized spacial score (nSPS) is 15.4. The highest BCUT2D eigenvalue weighted by molar-refractivity contribution is 6.09. The summed E-state index contributed by atoms with van der Waals surface area (Å²) in [5.74, 6) is -0.149. The number of fused-ring (bicyclic) bond motifs is 2. The highest BCUT2D eigenvalue weighted by Crippen LogP contribution is 2.28. The molecular weight excluding hydrogens is 294 g/mol. The lowest BCUT2D eigenvalue weighted by Gasteiger charge is -2.10. The molecule has 0 radical (unpaired) electrons. The summed E-state index contributed by atoms with van der Waals surface area (Å²) in [5.41, 5.74) is 4.86. The number of hydrogen-bond donors (Lipinski definition) is 2. The Labute approximate surface area is 132 Å². The van der Waals surface area contributed by atoms with Crippen LogP contribution in [0.5, 0.6) is 0 Å². The molecule has 2 aromatic rings. The molecule has 1 amide bonds. The van der Waals surface area contributed by atoms with Gasteiger partial charge in [-0.1, -0.05) is 18.2 Å². The summed E-state index contributed by atoms with van der Waals surface area (Å²) in [6, 6.07) is 7.25. The van der Waals surface area contributed by atoms with Crippen molar-refractivity contribution in [2.75, 3.05) is 0 Å². The minimum absolute atomic E-state index is 0.149. The standard InChI is InChI=1S/C17H15N3O3/c21-16(15-4-11-5-18-6-12(11)7-19-15)13-3-1-2-10-8-20(17(22)23)9-14(10)13/h1-4,7,18H,5-6,8-9H2,(H,22,23). The van der Waals surface area contributed by atoms with E-state index in [0.717, 1.165) is 35.3 Å². The maximum absolute atomic E-state index is 12.8. The van der Waals surface area contributed by atoms with Gasteiger partial charge in [0.1, 0.15) is 5.69 Å². The van der Waals surface area contributed by atoms with E-state index in [2.05, 4.69) is 10.3 Å². The molecule has 0 unspecified atom stereocenters. The van der Waals surface area contributed by atoms with Crippen molar-refractivity contribution >= 4 is 11.9 Å². The molecule has 0 aliphatic carbocycles. The lowest BCUT2D eigenvalue weighted by molar-refractivity contribution is 0.103. The Balaban J connectivity index is 1.71. The molecule has 116 valence electrons. The third-order valence-corrected chi connectivity index (χ3v) is 4.44. The molecule has 0 atom stereocenters. The summed E-state index contributed by atoms with van der Waals surface area (Å²) in [4.78, 5) is 29.6. The topological polar surface area (TPSA) is 82.5 Å². The van der Waals surface area contributed by atoms with Crippen LogP contribution in [-0.2, 0) is 26.2 Å². The number of carbonyl (C=O) groups excluding carboxylic acids is 1. The molecule has 2 aliphatic rings. The van der Waals surface area contributed by atoms with Gasteiger partial charge < -0.3 is 10.4 Å². The minimum Gasteiger partial charge on any atom is -0.465 e. The Hall–Kier alpha value is -2.73. The molecular formula is C17H15N3O3. The van der Waals surface area contributed by atoms with E-state index in [0.29, 0.717) is 17.8 Å². The van der Waals surface area contributed by atoms with Crippen molar-refractivity contribution < 1.29 is 14.7 Å². The molecule has 2 N–H and O–H groups in total. The lowest BCUT2D eigenvalue weighted by Crippen LogP contribution is -2.23. The molecule has 0 saturated heterocycles. The third kappa shape index (κ3) is 2.27. The van der Waals surface area contributed by atoms with Crippen LogP contribution in [0, 0.1) is 0 Å². The van der Waals surface area contributed by atoms with Crippen LogP contribution in [0.1, 0.15) is 38.3 Å². The quantitative estimate of drug-likeness (QED) is 0.828. The predicted octanol–water partition coefficient (Wildman–Crippen LogP) is 1.91. The van der Waals surface area contributed by atoms with Crippen LogP contribution in [0.25, 0.3) is 0 Å². The Kier molecular flexibility index (Phi) is 3.12. The summed E-state index contributed by atoms with van der Waals surface area (Å²) < 4.78 is 0. The second kappa shape index (κ2) is 5.17. The van der Waals surface area contributed by atoms with E-state index in [1.54, 1.807) is 18.3 Å². The van der Waals surface area contributed by atoms with Crippen molar-refractivity contribution in [2.24, 2.45) is 0 Å². The monoisotopic (exact) mass is 309 g/mol. The summed E-state index contributed by atoms with van der Waals surface area (Å²) >= 11 is 0. The van der Waals surface area contributed by atoms with Gasteiger partial charge in [0, 0.05) is 31.4 Å². The number of amides is 1. The van der Waals surface area contributed by atoms with E-state index in [4.69, 9.17) is 5.11 Å². The number of aromatic nitrogens is 1. The third-order valence-electron chi connectivity index (χ3n) is 4.44. The average molecular weight is 309 g/mol. The molecule has 0 fully saturated rings. The first-order valence-corrected chi connectivity index (χ1v) is 7.45. The fourth-order valence-corrected chi connectivity index (χ4v) is 3.21. The van der Waals surface area contributed by atoms with Crippen molar-refractivity contribution in [2.45, 2.75) is 26.2 Å². The van der Waals surface area contributed by atoms with Gasteiger partial charge in [-0.2, -0.15) is 0 Å². The van der Waals surface area contributed by atoms with Gasteiger partial charge in [-0.15, -0.1) is 0 Å². The predicted molar refractivity (Wildman–Crippen MR) is 81.9 cm³/mol. The number of nitrogens with one attached hydrogen (secondary N) is 1. The van der Waals surface area contributed by atoms with E-state index in [1.807, 2.05) is 12.1 Å². The molecule has 4 rings (SSSR count). The first kappa shape index (κ1) is 13.9. The number of pyridine rings is 1. The van der Waals surface area contributed by atoms with Gasteiger partial charge in [-0.05, 0) is 28.3 Å². The van der Waals surface area contributed by atoms with Crippen molar-refractivity contribution in [3.8, 4) is 0 Å². The van der Waals surface area contributed by atoms with Crippen molar-refractivity contribution in [3.63, 3.8) is 0 Å². The number of hydrogen-bond acceptors (Lipinski definition) is 4. The maximum atomic E-state index is 12.8. The molecule has 1 aromatic heterocycles. The number of benzene rings is 1. The maximum Gasteiger partial charge on any atom is 0.407 e. The van der Waals surface area contributed by atoms with E-state index in [-0.39, 0.29) is 12.3 Å². The second-order valence-corrected chi connectivity index (χ2v) is 5.85. The molecule has 2 aliphatic heterocycles. The Bertz CT molecular complexity index is 832. The van der Waals surface area contributed by atoms with Crippen LogP contribution < -0.4 is 5.32 Å². The zero-order chi connectivity index (χ0) is 16.0. The van der Waals surface area contributed by atoms with Gasteiger partial charge >= 0.3 is 6.09 Å². The molecule has 0 bridgehead atoms. The van der Waals surface area contributed by atoms with E-state index >= 15 is 0 Å². The largest absolute Gasteiger partial charge is 0.465 e. The Morgan fingerprint density at radius 2 is 1.96 bits per heavy atom. The van der Waals surface area contributed by atoms with Gasteiger partial charge in [0.2, 0.25) is 5.78 Å². The molecule has 0 saturated carbocycles. The highest BCUT2D eigenvalue weighted by atomic mass is 16.4. The van der Waals surface area contributed by atoms with Crippen LogP contribution in [-0.4, -0.2) is 26.9 Å². The average Bonchev–Trinajstić information content (AvgIpc) is 3.19.